The van der Waals surface area contributed by atoms with Crippen LogP contribution >= 0.6 is 0 Å². The van der Waals surface area contributed by atoms with Crippen molar-refractivity contribution in [1.82, 2.24) is 20.1 Å². The van der Waals surface area contributed by atoms with Gasteiger partial charge in [-0.3, -0.25) is 9.36 Å². The Balaban J connectivity index is 1.42. The van der Waals surface area contributed by atoms with E-state index in [1.165, 1.54) is 0 Å². The van der Waals surface area contributed by atoms with Crippen molar-refractivity contribution in [2.45, 2.75) is 32.0 Å². The second kappa shape index (κ2) is 9.42. The Hall–Kier alpha value is -3.71. The molecule has 33 heavy (non-hydrogen) atoms. The fourth-order valence-electron chi connectivity index (χ4n) is 4.50. The predicted molar refractivity (Wildman–Crippen MR) is 130 cm³/mol. The zero-order valence-corrected chi connectivity index (χ0v) is 18.5. The van der Waals surface area contributed by atoms with Crippen LogP contribution in [-0.4, -0.2) is 39.8 Å². The van der Waals surface area contributed by atoms with E-state index >= 15 is 0 Å². The van der Waals surface area contributed by atoms with Crippen LogP contribution < -0.4 is 16.0 Å². The summed E-state index contributed by atoms with van der Waals surface area (Å²) in [5, 5.41) is 14.1. The van der Waals surface area contributed by atoms with Crippen molar-refractivity contribution < 1.29 is 4.79 Å². The molecule has 2 heterocycles. The summed E-state index contributed by atoms with van der Waals surface area (Å²) in [4.78, 5) is 15.4. The number of carbonyl (C=O) groups is 1. The van der Waals surface area contributed by atoms with Gasteiger partial charge in [-0.05, 0) is 34.7 Å². The van der Waals surface area contributed by atoms with Gasteiger partial charge in [0, 0.05) is 25.7 Å². The van der Waals surface area contributed by atoms with Gasteiger partial charge in [0.15, 0.2) is 0 Å². The average Bonchev–Trinajstić information content (AvgIpc) is 3.26. The molecule has 3 N–H and O–H groups in total. The van der Waals surface area contributed by atoms with Gasteiger partial charge in [-0.1, -0.05) is 72.8 Å². The highest BCUT2D eigenvalue weighted by Gasteiger charge is 2.26. The van der Waals surface area contributed by atoms with Crippen molar-refractivity contribution in [3.63, 3.8) is 0 Å². The molecule has 1 amide bonds. The summed E-state index contributed by atoms with van der Waals surface area (Å²) in [7, 11) is 0. The van der Waals surface area contributed by atoms with Crippen molar-refractivity contribution in [2.75, 3.05) is 18.0 Å². The molecule has 0 bridgehead atoms. The maximum absolute atomic E-state index is 13.2. The van der Waals surface area contributed by atoms with Gasteiger partial charge in [0.25, 0.3) is 5.91 Å². The monoisotopic (exact) mass is 440 g/mol. The number of nitrogens with two attached hydrogens (primary N) is 1. The van der Waals surface area contributed by atoms with Gasteiger partial charge in [-0.15, -0.1) is 10.2 Å². The minimum atomic E-state index is -0.237. The lowest BCUT2D eigenvalue weighted by Gasteiger charge is -2.31. The van der Waals surface area contributed by atoms with E-state index in [1.807, 2.05) is 59.2 Å². The van der Waals surface area contributed by atoms with Crippen LogP contribution in [0.15, 0.2) is 72.8 Å². The van der Waals surface area contributed by atoms with Crippen LogP contribution in [0.5, 0.6) is 0 Å². The quantitative estimate of drug-likeness (QED) is 0.480. The van der Waals surface area contributed by atoms with Crippen molar-refractivity contribution >= 4 is 22.6 Å². The zero-order chi connectivity index (χ0) is 22.6. The number of nitrogens with one attached hydrogen (secondary N) is 1. The normalized spacial score (nSPS) is 16.2. The molecule has 0 saturated carbocycles. The topological polar surface area (TPSA) is 89.1 Å². The first kappa shape index (κ1) is 21.2. The Labute approximate surface area is 193 Å². The van der Waals surface area contributed by atoms with Crippen LogP contribution in [-0.2, 0) is 13.1 Å². The van der Waals surface area contributed by atoms with Crippen LogP contribution in [0.4, 0.5) is 5.95 Å². The highest BCUT2D eigenvalue weighted by Crippen LogP contribution is 2.21. The van der Waals surface area contributed by atoms with E-state index in [-0.39, 0.29) is 11.9 Å². The number of piperidine rings is 1. The van der Waals surface area contributed by atoms with Crippen LogP contribution in [0.3, 0.4) is 0 Å². The molecular formula is C26H28N6O. The molecular weight excluding hydrogens is 412 g/mol. The molecule has 1 unspecified atom stereocenters. The van der Waals surface area contributed by atoms with Crippen LogP contribution in [0, 0.1) is 0 Å². The number of anilines is 1. The number of fused-ring (bicyclic) bond motifs is 1. The van der Waals surface area contributed by atoms with Gasteiger partial charge in [0.2, 0.25) is 11.8 Å². The molecule has 1 fully saturated rings. The smallest absolute Gasteiger partial charge is 0.289 e. The number of amides is 1. The molecule has 7 heteroatoms. The number of hydrogen-bond acceptors (Lipinski definition) is 5. The summed E-state index contributed by atoms with van der Waals surface area (Å²) in [6.07, 6.45) is 2.00. The van der Waals surface area contributed by atoms with Gasteiger partial charge in [-0.25, -0.2) is 0 Å². The van der Waals surface area contributed by atoms with Crippen LogP contribution in [0.25, 0.3) is 10.8 Å². The van der Waals surface area contributed by atoms with E-state index in [0.717, 1.165) is 41.3 Å². The fraction of sp³-hybridized carbons (Fsp3) is 0.269. The van der Waals surface area contributed by atoms with Gasteiger partial charge in [-0.2, -0.15) is 0 Å². The van der Waals surface area contributed by atoms with E-state index < -0.39 is 0 Å². The Bertz CT molecular complexity index is 1250. The standard InChI is InChI=1S/C26H28N6O/c27-22-13-7-15-31(18-22)26-30-29-24(32(26)17-19-8-2-1-3-9-19)25(33)28-16-21-12-6-11-20-10-4-5-14-23(20)21/h1-6,8-12,14,22H,7,13,15-18,27H2,(H,28,33). The number of carbonyl (C=O) groups excluding carboxylic acids is 1. The molecule has 3 aromatic carbocycles. The summed E-state index contributed by atoms with van der Waals surface area (Å²) in [5.41, 5.74) is 8.36. The maximum atomic E-state index is 13.2. The molecule has 1 aromatic heterocycles. The third-order valence-corrected chi connectivity index (χ3v) is 6.18. The molecule has 1 atom stereocenters. The van der Waals surface area contributed by atoms with E-state index in [4.69, 9.17) is 5.73 Å². The number of hydrogen-bond donors (Lipinski definition) is 2. The zero-order valence-electron chi connectivity index (χ0n) is 18.5. The summed E-state index contributed by atoms with van der Waals surface area (Å²) in [6, 6.07) is 24.5. The summed E-state index contributed by atoms with van der Waals surface area (Å²) >= 11 is 0. The van der Waals surface area contributed by atoms with Crippen molar-refractivity contribution in [3.8, 4) is 0 Å². The van der Waals surface area contributed by atoms with Crippen molar-refractivity contribution in [2.24, 2.45) is 5.73 Å². The second-order valence-corrected chi connectivity index (χ2v) is 8.56. The Morgan fingerprint density at radius 1 is 1.00 bits per heavy atom. The predicted octanol–water partition coefficient (Wildman–Crippen LogP) is 3.34. The molecule has 7 nitrogen and oxygen atoms in total. The Morgan fingerprint density at radius 2 is 1.79 bits per heavy atom. The number of aromatic nitrogens is 3. The lowest BCUT2D eigenvalue weighted by Crippen LogP contribution is -2.44. The Kier molecular flexibility index (Phi) is 6.04. The molecule has 0 radical (unpaired) electrons. The molecule has 0 spiro atoms. The first-order valence-electron chi connectivity index (χ1n) is 11.4. The van der Waals surface area contributed by atoms with Crippen LogP contribution in [0.2, 0.25) is 0 Å². The summed E-state index contributed by atoms with van der Waals surface area (Å²) in [6.45, 7) is 2.51. The average molecular weight is 441 g/mol. The Morgan fingerprint density at radius 3 is 2.64 bits per heavy atom. The largest absolute Gasteiger partial charge is 0.345 e. The summed E-state index contributed by atoms with van der Waals surface area (Å²) < 4.78 is 1.91. The lowest BCUT2D eigenvalue weighted by molar-refractivity contribution is 0.0936. The van der Waals surface area contributed by atoms with Crippen molar-refractivity contribution in [3.05, 3.63) is 89.7 Å². The van der Waals surface area contributed by atoms with Crippen molar-refractivity contribution in [1.29, 1.82) is 0 Å². The first-order valence-corrected chi connectivity index (χ1v) is 11.4. The first-order chi connectivity index (χ1) is 16.2. The third kappa shape index (κ3) is 4.59. The van der Waals surface area contributed by atoms with E-state index in [1.54, 1.807) is 0 Å². The van der Waals surface area contributed by atoms with Gasteiger partial charge in [0.05, 0.1) is 6.54 Å². The molecule has 1 aliphatic rings. The van der Waals surface area contributed by atoms with Gasteiger partial charge < -0.3 is 16.0 Å². The van der Waals surface area contributed by atoms with Gasteiger partial charge in [0.1, 0.15) is 0 Å². The molecule has 1 saturated heterocycles. The molecule has 168 valence electrons. The molecule has 1 aliphatic heterocycles. The maximum Gasteiger partial charge on any atom is 0.289 e. The molecule has 4 aromatic rings. The minimum absolute atomic E-state index is 0.101. The van der Waals surface area contributed by atoms with E-state index in [2.05, 4.69) is 38.6 Å². The minimum Gasteiger partial charge on any atom is -0.345 e. The summed E-state index contributed by atoms with van der Waals surface area (Å²) in [5.74, 6) is 0.775. The van der Waals surface area contributed by atoms with E-state index in [9.17, 15) is 4.79 Å². The second-order valence-electron chi connectivity index (χ2n) is 8.56. The molecule has 5 rings (SSSR count). The highest BCUT2D eigenvalue weighted by molar-refractivity contribution is 5.92. The van der Waals surface area contributed by atoms with Gasteiger partial charge >= 0.3 is 0 Å². The molecule has 0 aliphatic carbocycles. The third-order valence-electron chi connectivity index (χ3n) is 6.18. The van der Waals surface area contributed by atoms with Crippen LogP contribution in [0.1, 0.15) is 34.6 Å². The van der Waals surface area contributed by atoms with E-state index in [0.29, 0.717) is 31.4 Å². The number of benzene rings is 3. The SMILES string of the molecule is NC1CCCN(c2nnc(C(=O)NCc3cccc4ccccc34)n2Cc2ccccc2)C1. The fourth-order valence-corrected chi connectivity index (χ4v) is 4.50. The number of nitrogens with zero attached hydrogens (tertiary/aromatic N) is 4. The highest BCUT2D eigenvalue weighted by atomic mass is 16.2. The number of rotatable bonds is 6. The lowest BCUT2D eigenvalue weighted by atomic mass is 10.0.